The summed E-state index contributed by atoms with van der Waals surface area (Å²) in [4.78, 5) is 38.0. The van der Waals surface area contributed by atoms with Crippen molar-refractivity contribution in [3.63, 3.8) is 0 Å². The molecule has 0 rings (SSSR count). The number of carbonyl (C=O) groups excluding carboxylic acids is 3. The summed E-state index contributed by atoms with van der Waals surface area (Å²) in [7, 11) is 0. The van der Waals surface area contributed by atoms with Crippen LogP contribution >= 0.6 is 0 Å². The van der Waals surface area contributed by atoms with Crippen LogP contribution in [0, 0.1) is 0 Å². The zero-order chi connectivity index (χ0) is 50.0. The Bertz CT molecular complexity index is 1380. The molecular formula is C63H106O6. The minimum Gasteiger partial charge on any atom is -0.462 e. The van der Waals surface area contributed by atoms with Crippen LogP contribution in [0.1, 0.15) is 265 Å². The zero-order valence-corrected chi connectivity index (χ0v) is 45.0. The molecule has 0 aliphatic heterocycles. The largest absolute Gasteiger partial charge is 0.462 e. The molecule has 6 nitrogen and oxygen atoms in total. The van der Waals surface area contributed by atoms with Crippen molar-refractivity contribution in [2.75, 3.05) is 13.2 Å². The summed E-state index contributed by atoms with van der Waals surface area (Å²) in [6.07, 6.45) is 75.5. The number of hydrogen-bond acceptors (Lipinski definition) is 6. The SMILES string of the molecule is CC/C=C\C/C=C\C/C=C\C/C=C\C/C=C\C/C=C\C/C=C\CCCCCCCCCC(=O)OCC(COC(=O)CCCCCCCCCCC)OC(=O)CCCCCCC/C=C\CCCCCC. The predicted octanol–water partition coefficient (Wildman–Crippen LogP) is 19.3. The van der Waals surface area contributed by atoms with Gasteiger partial charge in [-0.1, -0.05) is 240 Å². The lowest BCUT2D eigenvalue weighted by atomic mass is 10.1. The Morgan fingerprint density at radius 2 is 0.565 bits per heavy atom. The maximum atomic E-state index is 12.8. The molecule has 0 aromatic carbocycles. The predicted molar refractivity (Wildman–Crippen MR) is 297 cm³/mol. The number of unbranched alkanes of at least 4 members (excludes halogenated alkanes) is 24. The Kier molecular flexibility index (Phi) is 53.9. The van der Waals surface area contributed by atoms with Gasteiger partial charge in [-0.15, -0.1) is 0 Å². The number of carbonyl (C=O) groups is 3. The van der Waals surface area contributed by atoms with E-state index in [9.17, 15) is 14.4 Å². The summed E-state index contributed by atoms with van der Waals surface area (Å²) in [5.74, 6) is -0.904. The highest BCUT2D eigenvalue weighted by Gasteiger charge is 2.19. The summed E-state index contributed by atoms with van der Waals surface area (Å²) < 4.78 is 16.8. The van der Waals surface area contributed by atoms with E-state index in [4.69, 9.17) is 14.2 Å². The molecule has 0 aliphatic carbocycles. The van der Waals surface area contributed by atoms with Crippen LogP contribution in [0.4, 0.5) is 0 Å². The van der Waals surface area contributed by atoms with E-state index < -0.39 is 6.10 Å². The van der Waals surface area contributed by atoms with Gasteiger partial charge in [0.05, 0.1) is 0 Å². The fourth-order valence-corrected chi connectivity index (χ4v) is 7.77. The van der Waals surface area contributed by atoms with Gasteiger partial charge in [-0.05, 0) is 103 Å². The molecule has 0 aromatic heterocycles. The smallest absolute Gasteiger partial charge is 0.306 e. The quantitative estimate of drug-likeness (QED) is 0.0262. The second-order valence-electron chi connectivity index (χ2n) is 18.8. The molecule has 69 heavy (non-hydrogen) atoms. The molecule has 0 spiro atoms. The summed E-state index contributed by atoms with van der Waals surface area (Å²) in [6, 6.07) is 0. The highest BCUT2D eigenvalue weighted by atomic mass is 16.6. The lowest BCUT2D eigenvalue weighted by Crippen LogP contribution is -2.30. The summed E-state index contributed by atoms with van der Waals surface area (Å²) in [5.41, 5.74) is 0. The van der Waals surface area contributed by atoms with Gasteiger partial charge in [0.15, 0.2) is 6.10 Å². The van der Waals surface area contributed by atoms with Gasteiger partial charge in [0.25, 0.3) is 0 Å². The fraction of sp³-hybridized carbons (Fsp3) is 0.698. The first-order valence-corrected chi connectivity index (χ1v) is 28.7. The Balaban J connectivity index is 4.23. The van der Waals surface area contributed by atoms with E-state index in [1.54, 1.807) is 0 Å². The summed E-state index contributed by atoms with van der Waals surface area (Å²) >= 11 is 0. The molecule has 0 amide bonds. The molecule has 394 valence electrons. The van der Waals surface area contributed by atoms with Gasteiger partial charge in [0.2, 0.25) is 0 Å². The molecule has 0 aliphatic rings. The monoisotopic (exact) mass is 959 g/mol. The van der Waals surface area contributed by atoms with Gasteiger partial charge in [-0.25, -0.2) is 0 Å². The fourth-order valence-electron chi connectivity index (χ4n) is 7.77. The molecule has 0 radical (unpaired) electrons. The highest BCUT2D eigenvalue weighted by molar-refractivity contribution is 5.71. The third-order valence-corrected chi connectivity index (χ3v) is 12.1. The minimum absolute atomic E-state index is 0.0827. The number of allylic oxidation sites excluding steroid dienone is 16. The van der Waals surface area contributed by atoms with Crippen molar-refractivity contribution in [2.45, 2.75) is 271 Å². The van der Waals surface area contributed by atoms with Crippen molar-refractivity contribution in [3.8, 4) is 0 Å². The van der Waals surface area contributed by atoms with Crippen LogP contribution in [0.25, 0.3) is 0 Å². The Labute approximate surface area is 426 Å². The first-order valence-electron chi connectivity index (χ1n) is 28.7. The molecule has 0 aromatic rings. The van der Waals surface area contributed by atoms with Gasteiger partial charge < -0.3 is 14.2 Å². The molecular weight excluding hydrogens is 853 g/mol. The van der Waals surface area contributed by atoms with Gasteiger partial charge in [-0.2, -0.15) is 0 Å². The maximum absolute atomic E-state index is 12.8. The Morgan fingerprint density at radius 3 is 0.913 bits per heavy atom. The van der Waals surface area contributed by atoms with E-state index in [2.05, 4.69) is 118 Å². The number of rotatable bonds is 51. The van der Waals surface area contributed by atoms with E-state index in [-0.39, 0.29) is 31.1 Å². The number of ether oxygens (including phenoxy) is 3. The van der Waals surface area contributed by atoms with Gasteiger partial charge in [0.1, 0.15) is 13.2 Å². The molecule has 0 fully saturated rings. The first-order chi connectivity index (χ1) is 34.0. The average Bonchev–Trinajstić information content (AvgIpc) is 3.35. The Morgan fingerprint density at radius 1 is 0.304 bits per heavy atom. The van der Waals surface area contributed by atoms with Gasteiger partial charge in [0, 0.05) is 19.3 Å². The topological polar surface area (TPSA) is 78.9 Å². The van der Waals surface area contributed by atoms with Crippen LogP contribution in [-0.2, 0) is 28.6 Å². The average molecular weight is 960 g/mol. The lowest BCUT2D eigenvalue weighted by Gasteiger charge is -2.18. The van der Waals surface area contributed by atoms with Crippen molar-refractivity contribution in [1.29, 1.82) is 0 Å². The molecule has 6 heteroatoms. The minimum atomic E-state index is -0.784. The van der Waals surface area contributed by atoms with Crippen molar-refractivity contribution < 1.29 is 28.6 Å². The van der Waals surface area contributed by atoms with Crippen LogP contribution in [0.3, 0.4) is 0 Å². The second-order valence-corrected chi connectivity index (χ2v) is 18.8. The van der Waals surface area contributed by atoms with Crippen LogP contribution < -0.4 is 0 Å². The Hall–Kier alpha value is -3.67. The van der Waals surface area contributed by atoms with Crippen molar-refractivity contribution in [3.05, 3.63) is 97.2 Å². The second kappa shape index (κ2) is 56.9. The normalized spacial score (nSPS) is 12.8. The van der Waals surface area contributed by atoms with E-state index in [0.717, 1.165) is 122 Å². The van der Waals surface area contributed by atoms with Crippen LogP contribution in [-0.4, -0.2) is 37.2 Å². The van der Waals surface area contributed by atoms with Gasteiger partial charge in [-0.3, -0.25) is 14.4 Å². The molecule has 0 N–H and O–H groups in total. The maximum Gasteiger partial charge on any atom is 0.306 e. The number of hydrogen-bond donors (Lipinski definition) is 0. The third-order valence-electron chi connectivity index (χ3n) is 12.1. The van der Waals surface area contributed by atoms with Gasteiger partial charge >= 0.3 is 17.9 Å². The number of esters is 3. The van der Waals surface area contributed by atoms with Crippen molar-refractivity contribution in [1.82, 2.24) is 0 Å². The van der Waals surface area contributed by atoms with E-state index >= 15 is 0 Å². The molecule has 1 atom stereocenters. The third kappa shape index (κ3) is 55.1. The van der Waals surface area contributed by atoms with E-state index in [0.29, 0.717) is 19.3 Å². The summed E-state index contributed by atoms with van der Waals surface area (Å²) in [6.45, 7) is 6.47. The molecule has 0 saturated heterocycles. The van der Waals surface area contributed by atoms with Crippen molar-refractivity contribution in [2.24, 2.45) is 0 Å². The summed E-state index contributed by atoms with van der Waals surface area (Å²) in [5, 5.41) is 0. The van der Waals surface area contributed by atoms with Crippen LogP contribution in [0.2, 0.25) is 0 Å². The zero-order valence-electron chi connectivity index (χ0n) is 45.0. The lowest BCUT2D eigenvalue weighted by molar-refractivity contribution is -0.167. The van der Waals surface area contributed by atoms with E-state index in [1.807, 2.05) is 0 Å². The first kappa shape index (κ1) is 65.3. The molecule has 1 unspecified atom stereocenters. The van der Waals surface area contributed by atoms with Crippen molar-refractivity contribution >= 4 is 17.9 Å². The standard InChI is InChI=1S/C63H106O6/c1-4-7-10-13-16-19-21-23-24-25-26-27-28-29-30-31-32-33-34-35-36-37-38-40-41-44-47-50-53-56-62(65)68-59-60(58-67-61(64)55-52-49-46-43-18-15-12-9-6-3)69-63(66)57-54-51-48-45-42-39-22-20-17-14-11-8-5-2/h7,10,16,19-20,22-24,26-27,29-30,32-33,35-36,60H,4-6,8-9,11-15,17-18,21,25,28,31,34,37-59H2,1-3H3/b10-7-,19-16-,22-20-,24-23-,27-26-,30-29-,33-32-,36-35-. The molecule has 0 heterocycles. The van der Waals surface area contributed by atoms with Crippen LogP contribution in [0.15, 0.2) is 97.2 Å². The van der Waals surface area contributed by atoms with Crippen LogP contribution in [0.5, 0.6) is 0 Å². The molecule has 0 bridgehead atoms. The molecule has 0 saturated carbocycles. The van der Waals surface area contributed by atoms with E-state index in [1.165, 1.54) is 103 Å². The highest BCUT2D eigenvalue weighted by Crippen LogP contribution is 2.14.